The molecule has 1 aromatic rings. The summed E-state index contributed by atoms with van der Waals surface area (Å²) in [5.74, 6) is -0.280. The van der Waals surface area contributed by atoms with E-state index < -0.39 is 0 Å². The van der Waals surface area contributed by atoms with Crippen LogP contribution in [0.15, 0.2) is 18.7 Å². The number of unbranched alkanes of at least 4 members (excludes halogenated alkanes) is 14. The number of nitrogens with zero attached hydrogens (tertiary/aromatic N) is 1. The summed E-state index contributed by atoms with van der Waals surface area (Å²) in [7, 11) is 1.97. The number of ether oxygens (including phenoxy) is 1. The number of imidazole rings is 1. The molecule has 170 valence electrons. The molecule has 0 radical (unpaired) electrons. The molecular weight excluding hydrogens is 364 g/mol. The predicted molar refractivity (Wildman–Crippen MR) is 120 cm³/mol. The van der Waals surface area contributed by atoms with Gasteiger partial charge in [-0.2, -0.15) is 0 Å². The lowest BCUT2D eigenvalue weighted by Crippen LogP contribution is -2.22. The molecule has 0 aliphatic heterocycles. The molecule has 0 aliphatic carbocycles. The normalized spacial score (nSPS) is 10.4. The monoisotopic (exact) mass is 411 g/mol. The molecule has 0 amide bonds. The van der Waals surface area contributed by atoms with Crippen molar-refractivity contribution < 1.29 is 19.2 Å². The average Bonchev–Trinajstić information content (AvgIpc) is 3.19. The number of aliphatic hydroxyl groups excluding tert-OH is 1. The summed E-state index contributed by atoms with van der Waals surface area (Å²) in [4.78, 5) is 13.9. The van der Waals surface area contributed by atoms with Gasteiger partial charge in [-0.25, -0.2) is 4.57 Å². The molecule has 1 heterocycles. The average molecular weight is 412 g/mol. The fourth-order valence-electron chi connectivity index (χ4n) is 3.19. The number of hydrogen-bond acceptors (Lipinski definition) is 3. The molecule has 5 nitrogen and oxygen atoms in total. The van der Waals surface area contributed by atoms with E-state index in [-0.39, 0.29) is 19.0 Å². The Labute approximate surface area is 179 Å². The lowest BCUT2D eigenvalue weighted by molar-refractivity contribution is -0.670. The predicted octanol–water partition coefficient (Wildman–Crippen LogP) is 5.62. The maximum absolute atomic E-state index is 11.0. The fourth-order valence-corrected chi connectivity index (χ4v) is 3.19. The number of rotatable bonds is 18. The third-order valence-electron chi connectivity index (χ3n) is 5.01. The van der Waals surface area contributed by atoms with E-state index in [1.807, 2.05) is 30.3 Å². The van der Waals surface area contributed by atoms with Crippen LogP contribution in [0.2, 0.25) is 0 Å². The molecule has 0 atom stereocenters. The minimum absolute atomic E-state index is 0.113. The maximum Gasteiger partial charge on any atom is 0.308 e. The van der Waals surface area contributed by atoms with Crippen molar-refractivity contribution in [2.45, 2.75) is 110 Å². The highest BCUT2D eigenvalue weighted by Gasteiger charge is 2.00. The van der Waals surface area contributed by atoms with E-state index in [9.17, 15) is 4.79 Å². The zero-order valence-electron chi connectivity index (χ0n) is 19.2. The molecule has 0 saturated carbocycles. The van der Waals surface area contributed by atoms with Crippen LogP contribution in [0.1, 0.15) is 110 Å². The molecule has 0 saturated heterocycles. The quantitative estimate of drug-likeness (QED) is 0.187. The first-order valence-corrected chi connectivity index (χ1v) is 11.9. The Hall–Kier alpha value is -1.36. The van der Waals surface area contributed by atoms with Crippen LogP contribution < -0.4 is 4.57 Å². The van der Waals surface area contributed by atoms with Crippen molar-refractivity contribution in [2.75, 3.05) is 13.2 Å². The summed E-state index contributed by atoms with van der Waals surface area (Å²) in [5.41, 5.74) is 0. The highest BCUT2D eigenvalue weighted by Crippen LogP contribution is 2.13. The molecule has 1 aromatic heterocycles. The summed E-state index contributed by atoms with van der Waals surface area (Å²) < 4.78 is 6.94. The van der Waals surface area contributed by atoms with E-state index in [0.29, 0.717) is 6.61 Å². The Morgan fingerprint density at radius 3 is 1.69 bits per heavy atom. The van der Waals surface area contributed by atoms with Crippen LogP contribution >= 0.6 is 0 Å². The van der Waals surface area contributed by atoms with Gasteiger partial charge in [-0.15, -0.1) is 0 Å². The Bertz CT molecular complexity index is 435. The van der Waals surface area contributed by atoms with Crippen LogP contribution in [0.4, 0.5) is 0 Å². The van der Waals surface area contributed by atoms with Gasteiger partial charge >= 0.3 is 5.97 Å². The van der Waals surface area contributed by atoms with E-state index in [2.05, 4.69) is 11.9 Å². The van der Waals surface area contributed by atoms with E-state index in [1.165, 1.54) is 83.5 Å². The van der Waals surface area contributed by atoms with E-state index >= 15 is 0 Å². The third-order valence-corrected chi connectivity index (χ3v) is 5.01. The summed E-state index contributed by atoms with van der Waals surface area (Å²) in [6.45, 7) is 2.67. The topological polar surface area (TPSA) is 66.2 Å². The van der Waals surface area contributed by atoms with Crippen LogP contribution in [0.3, 0.4) is 0 Å². The molecule has 0 aromatic carbocycles. The molecule has 0 spiro atoms. The Balaban J connectivity index is 0.00000110. The van der Waals surface area contributed by atoms with Crippen molar-refractivity contribution in [2.24, 2.45) is 7.05 Å². The Morgan fingerprint density at radius 2 is 1.34 bits per heavy atom. The smallest absolute Gasteiger partial charge is 0.308 e. The molecule has 0 aliphatic rings. The zero-order valence-corrected chi connectivity index (χ0v) is 19.2. The second-order valence-corrected chi connectivity index (χ2v) is 7.92. The van der Waals surface area contributed by atoms with Crippen molar-refractivity contribution in [3.05, 3.63) is 18.7 Å². The second kappa shape index (κ2) is 22.9. The summed E-state index contributed by atoms with van der Waals surface area (Å²) >= 11 is 0. The molecule has 0 unspecified atom stereocenters. The fraction of sp³-hybridized carbons (Fsp3) is 0.833. The summed E-state index contributed by atoms with van der Waals surface area (Å²) in [6.07, 6.45) is 25.9. The van der Waals surface area contributed by atoms with E-state index in [0.717, 1.165) is 12.8 Å². The van der Waals surface area contributed by atoms with Gasteiger partial charge < -0.3 is 9.84 Å². The first kappa shape index (κ1) is 27.6. The van der Waals surface area contributed by atoms with Gasteiger partial charge in [0.25, 0.3) is 0 Å². The molecule has 0 bridgehead atoms. The highest BCUT2D eigenvalue weighted by atomic mass is 16.5. The van der Waals surface area contributed by atoms with Gasteiger partial charge in [-0.05, 0) is 6.42 Å². The largest absolute Gasteiger partial charge is 0.466 e. The summed E-state index contributed by atoms with van der Waals surface area (Å²) in [6, 6.07) is 0. The van der Waals surface area contributed by atoms with Crippen molar-refractivity contribution in [3.63, 3.8) is 0 Å². The Morgan fingerprint density at radius 1 is 0.862 bits per heavy atom. The number of carbonyl (C=O) groups excluding carboxylic acids is 1. The molecule has 1 rings (SSSR count). The molecule has 0 fully saturated rings. The van der Waals surface area contributed by atoms with Gasteiger partial charge in [-0.1, -0.05) is 96.8 Å². The minimum Gasteiger partial charge on any atom is -0.466 e. The Kier molecular flexibility index (Phi) is 21.8. The van der Waals surface area contributed by atoms with Gasteiger partial charge in [0.1, 0.15) is 12.4 Å². The number of aryl methyl sites for hydroxylation is 1. The second-order valence-electron chi connectivity index (χ2n) is 7.92. The number of aromatic nitrogens is 2. The number of nitrogens with one attached hydrogen (secondary N) is 1. The lowest BCUT2D eigenvalue weighted by Gasteiger charge is -2.04. The van der Waals surface area contributed by atoms with E-state index in [1.54, 1.807) is 0 Å². The van der Waals surface area contributed by atoms with Crippen LogP contribution in [-0.2, 0) is 16.6 Å². The SMILES string of the molecule is CCCCCCCCCCCCCCCCCOC(=O)CCO.C[n+]1cc[nH]c1. The van der Waals surface area contributed by atoms with Gasteiger partial charge in [0, 0.05) is 0 Å². The third kappa shape index (κ3) is 22.8. The number of aromatic amines is 1. The van der Waals surface area contributed by atoms with Gasteiger partial charge in [0.05, 0.1) is 26.7 Å². The van der Waals surface area contributed by atoms with Crippen LogP contribution in [-0.4, -0.2) is 29.3 Å². The summed E-state index contributed by atoms with van der Waals surface area (Å²) in [5, 5.41) is 8.57. The molecule has 5 heteroatoms. The van der Waals surface area contributed by atoms with Gasteiger partial charge in [-0.3, -0.25) is 9.78 Å². The number of esters is 1. The van der Waals surface area contributed by atoms with Crippen molar-refractivity contribution in [1.82, 2.24) is 4.98 Å². The van der Waals surface area contributed by atoms with E-state index in [4.69, 9.17) is 9.84 Å². The van der Waals surface area contributed by atoms with Gasteiger partial charge in [0.2, 0.25) is 6.33 Å². The highest BCUT2D eigenvalue weighted by molar-refractivity contribution is 5.69. The molecule has 29 heavy (non-hydrogen) atoms. The van der Waals surface area contributed by atoms with Crippen LogP contribution in [0.5, 0.6) is 0 Å². The number of H-pyrrole nitrogens is 1. The maximum atomic E-state index is 11.0. The lowest BCUT2D eigenvalue weighted by atomic mass is 10.0. The van der Waals surface area contributed by atoms with Gasteiger partial charge in [0.15, 0.2) is 0 Å². The molecular formula is C24H47N2O3+. The number of carbonyl (C=O) groups is 1. The van der Waals surface area contributed by atoms with Crippen molar-refractivity contribution in [1.29, 1.82) is 0 Å². The standard InChI is InChI=1S/C20H40O3.C4H6N2/c1-2-3-4-5-6-7-8-9-10-11-12-13-14-15-16-19-23-20(22)17-18-21;1-6-3-2-5-4-6/h21H,2-19H2,1H3;2-4H,1H3/p+1. The van der Waals surface area contributed by atoms with Crippen molar-refractivity contribution >= 4 is 5.97 Å². The zero-order chi connectivity index (χ0) is 21.4. The number of aliphatic hydroxyl groups is 1. The van der Waals surface area contributed by atoms with Crippen molar-refractivity contribution in [3.8, 4) is 0 Å². The number of hydrogen-bond donors (Lipinski definition) is 2. The van der Waals surface area contributed by atoms with Crippen LogP contribution in [0, 0.1) is 0 Å². The van der Waals surface area contributed by atoms with Crippen LogP contribution in [0.25, 0.3) is 0 Å². The molecule has 2 N–H and O–H groups in total. The first-order valence-electron chi connectivity index (χ1n) is 11.9. The minimum atomic E-state index is -0.280. The first-order chi connectivity index (χ1) is 14.2.